The van der Waals surface area contributed by atoms with E-state index in [2.05, 4.69) is 11.4 Å². The first-order valence-corrected chi connectivity index (χ1v) is 8.54. The highest BCUT2D eigenvalue weighted by atomic mass is 31.2. The van der Waals surface area contributed by atoms with Gasteiger partial charge >= 0.3 is 7.60 Å². The SMILES string of the molecule is CCCCCCCCCCCC(=O)P(=O)(O)OC. The van der Waals surface area contributed by atoms with Gasteiger partial charge in [-0.1, -0.05) is 58.3 Å². The monoisotopic (exact) mass is 278 g/mol. The highest BCUT2D eigenvalue weighted by molar-refractivity contribution is 7.70. The predicted octanol–water partition coefficient (Wildman–Crippen LogP) is 4.27. The van der Waals surface area contributed by atoms with Crippen molar-refractivity contribution in [3.63, 3.8) is 0 Å². The molecule has 0 saturated heterocycles. The van der Waals surface area contributed by atoms with E-state index in [1.165, 1.54) is 38.5 Å². The molecule has 0 rings (SSSR count). The van der Waals surface area contributed by atoms with Crippen LogP contribution in [0.5, 0.6) is 0 Å². The lowest BCUT2D eigenvalue weighted by atomic mass is 10.1. The second-order valence-electron chi connectivity index (χ2n) is 4.68. The standard InChI is InChI=1S/C13H27O4P/c1-3-4-5-6-7-8-9-10-11-12-13(14)18(15,16)17-2/h3-12H2,1-2H3,(H,15,16). The Morgan fingerprint density at radius 2 is 1.44 bits per heavy atom. The number of carbonyl (C=O) groups excluding carboxylic acids is 1. The molecule has 5 heteroatoms. The molecule has 0 amide bonds. The molecule has 0 fully saturated rings. The molecule has 0 spiro atoms. The van der Waals surface area contributed by atoms with Crippen LogP contribution in [0.4, 0.5) is 0 Å². The largest absolute Gasteiger partial charge is 0.393 e. The van der Waals surface area contributed by atoms with Gasteiger partial charge < -0.3 is 9.42 Å². The number of hydrogen-bond acceptors (Lipinski definition) is 3. The van der Waals surface area contributed by atoms with Crippen molar-refractivity contribution in [3.8, 4) is 0 Å². The minimum absolute atomic E-state index is 0.150. The van der Waals surface area contributed by atoms with Gasteiger partial charge in [0.05, 0.1) is 0 Å². The highest BCUT2D eigenvalue weighted by Crippen LogP contribution is 2.43. The zero-order chi connectivity index (χ0) is 13.9. The summed E-state index contributed by atoms with van der Waals surface area (Å²) in [4.78, 5) is 20.4. The predicted molar refractivity (Wildman–Crippen MR) is 73.7 cm³/mol. The molecule has 0 aromatic carbocycles. The lowest BCUT2D eigenvalue weighted by Crippen LogP contribution is -2.00. The zero-order valence-electron chi connectivity index (χ0n) is 11.7. The Labute approximate surface area is 111 Å². The van der Waals surface area contributed by atoms with Crippen molar-refractivity contribution in [2.24, 2.45) is 0 Å². The van der Waals surface area contributed by atoms with E-state index in [-0.39, 0.29) is 6.42 Å². The highest BCUT2D eigenvalue weighted by Gasteiger charge is 2.27. The fourth-order valence-corrected chi connectivity index (χ4v) is 2.47. The molecule has 0 aliphatic carbocycles. The van der Waals surface area contributed by atoms with Crippen LogP contribution in [0, 0.1) is 0 Å². The van der Waals surface area contributed by atoms with Crippen LogP contribution in [0.15, 0.2) is 0 Å². The lowest BCUT2D eigenvalue weighted by Gasteiger charge is -2.06. The number of rotatable bonds is 12. The van der Waals surface area contributed by atoms with Gasteiger partial charge in [-0.25, -0.2) is 0 Å². The first-order valence-electron chi connectivity index (χ1n) is 6.96. The molecule has 0 saturated carbocycles. The quantitative estimate of drug-likeness (QED) is 0.428. The van der Waals surface area contributed by atoms with Crippen molar-refractivity contribution >= 4 is 13.1 Å². The van der Waals surface area contributed by atoms with Gasteiger partial charge in [0, 0.05) is 13.5 Å². The van der Waals surface area contributed by atoms with Gasteiger partial charge in [-0.05, 0) is 6.42 Å². The summed E-state index contributed by atoms with van der Waals surface area (Å²) in [6, 6.07) is 0. The molecule has 108 valence electrons. The van der Waals surface area contributed by atoms with Crippen molar-refractivity contribution in [1.82, 2.24) is 0 Å². The van der Waals surface area contributed by atoms with Crippen LogP contribution in [0.1, 0.15) is 71.1 Å². The Morgan fingerprint density at radius 3 is 1.89 bits per heavy atom. The minimum Gasteiger partial charge on any atom is -0.319 e. The molecule has 1 unspecified atom stereocenters. The number of carbonyl (C=O) groups is 1. The van der Waals surface area contributed by atoms with Crippen LogP contribution in [-0.2, 0) is 13.9 Å². The van der Waals surface area contributed by atoms with Crippen LogP contribution in [0.3, 0.4) is 0 Å². The molecule has 4 nitrogen and oxygen atoms in total. The van der Waals surface area contributed by atoms with Gasteiger partial charge in [0.25, 0.3) is 0 Å². The van der Waals surface area contributed by atoms with E-state index >= 15 is 0 Å². The van der Waals surface area contributed by atoms with Crippen molar-refractivity contribution in [2.45, 2.75) is 71.1 Å². The first-order chi connectivity index (χ1) is 8.54. The summed E-state index contributed by atoms with van der Waals surface area (Å²) in [5.74, 6) is 0. The fourth-order valence-electron chi connectivity index (χ4n) is 1.83. The number of hydrogen-bond donors (Lipinski definition) is 1. The molecule has 1 atom stereocenters. The fraction of sp³-hybridized carbons (Fsp3) is 0.923. The van der Waals surface area contributed by atoms with Crippen LogP contribution in [0.25, 0.3) is 0 Å². The molecule has 0 aliphatic heterocycles. The van der Waals surface area contributed by atoms with Gasteiger partial charge in [-0.2, -0.15) is 0 Å². The summed E-state index contributed by atoms with van der Waals surface area (Å²) in [6.45, 7) is 2.21. The van der Waals surface area contributed by atoms with E-state index < -0.39 is 13.1 Å². The molecule has 0 bridgehead atoms. The summed E-state index contributed by atoms with van der Waals surface area (Å²) in [5.41, 5.74) is -0.659. The summed E-state index contributed by atoms with van der Waals surface area (Å²) in [7, 11) is -2.89. The van der Waals surface area contributed by atoms with E-state index in [0.29, 0.717) is 6.42 Å². The van der Waals surface area contributed by atoms with Gasteiger partial charge in [0.2, 0.25) is 5.52 Å². The molecule has 0 aliphatic rings. The van der Waals surface area contributed by atoms with Crippen molar-refractivity contribution < 1.29 is 18.8 Å². The summed E-state index contributed by atoms with van der Waals surface area (Å²) >= 11 is 0. The second kappa shape index (κ2) is 10.7. The van der Waals surface area contributed by atoms with Gasteiger partial charge in [0.1, 0.15) is 0 Å². The lowest BCUT2D eigenvalue weighted by molar-refractivity contribution is -0.113. The van der Waals surface area contributed by atoms with E-state index in [0.717, 1.165) is 20.0 Å². The maximum absolute atomic E-state index is 11.3. The van der Waals surface area contributed by atoms with E-state index in [4.69, 9.17) is 4.89 Å². The molecular formula is C13H27O4P. The smallest absolute Gasteiger partial charge is 0.319 e. The van der Waals surface area contributed by atoms with Crippen LogP contribution >= 0.6 is 7.60 Å². The minimum atomic E-state index is -3.98. The Balaban J connectivity index is 3.36. The van der Waals surface area contributed by atoms with Crippen LogP contribution in [-0.4, -0.2) is 17.5 Å². The van der Waals surface area contributed by atoms with Crippen molar-refractivity contribution in [2.75, 3.05) is 7.11 Å². The van der Waals surface area contributed by atoms with E-state index in [9.17, 15) is 9.36 Å². The molecule has 0 heterocycles. The van der Waals surface area contributed by atoms with Crippen LogP contribution in [0.2, 0.25) is 0 Å². The normalized spacial score (nSPS) is 14.4. The average molecular weight is 278 g/mol. The van der Waals surface area contributed by atoms with Gasteiger partial charge in [0.15, 0.2) is 0 Å². The first kappa shape index (κ1) is 17.8. The van der Waals surface area contributed by atoms with E-state index in [1.54, 1.807) is 0 Å². The third-order valence-electron chi connectivity index (χ3n) is 3.06. The van der Waals surface area contributed by atoms with Gasteiger partial charge in [-0.3, -0.25) is 9.36 Å². The topological polar surface area (TPSA) is 63.6 Å². The Bertz CT molecular complexity index is 266. The molecule has 0 aromatic rings. The maximum Gasteiger partial charge on any atom is 0.393 e. The molecular weight excluding hydrogens is 251 g/mol. The summed E-state index contributed by atoms with van der Waals surface area (Å²) < 4.78 is 15.4. The Morgan fingerprint density at radius 1 is 1.00 bits per heavy atom. The Kier molecular flexibility index (Phi) is 10.6. The average Bonchev–Trinajstić information content (AvgIpc) is 2.36. The zero-order valence-corrected chi connectivity index (χ0v) is 12.6. The molecule has 0 aromatic heterocycles. The third-order valence-corrected chi connectivity index (χ3v) is 4.41. The number of unbranched alkanes of at least 4 members (excludes halogenated alkanes) is 8. The third kappa shape index (κ3) is 8.84. The molecule has 1 N–H and O–H groups in total. The van der Waals surface area contributed by atoms with E-state index in [1.807, 2.05) is 0 Å². The van der Waals surface area contributed by atoms with Gasteiger partial charge in [-0.15, -0.1) is 0 Å². The van der Waals surface area contributed by atoms with Crippen LogP contribution < -0.4 is 0 Å². The van der Waals surface area contributed by atoms with Crippen molar-refractivity contribution in [3.05, 3.63) is 0 Å². The second-order valence-corrected chi connectivity index (χ2v) is 6.58. The Hall–Kier alpha value is -0.180. The van der Waals surface area contributed by atoms with Crippen molar-refractivity contribution in [1.29, 1.82) is 0 Å². The summed E-state index contributed by atoms with van der Waals surface area (Å²) in [6.07, 6.45) is 10.5. The summed E-state index contributed by atoms with van der Waals surface area (Å²) in [5, 5.41) is 0. The molecule has 18 heavy (non-hydrogen) atoms. The molecule has 0 radical (unpaired) electrons. The maximum atomic E-state index is 11.3.